The van der Waals surface area contributed by atoms with Gasteiger partial charge in [0.25, 0.3) is 0 Å². The van der Waals surface area contributed by atoms with E-state index < -0.39 is 0 Å². The lowest BCUT2D eigenvalue weighted by molar-refractivity contribution is 0.127. The van der Waals surface area contributed by atoms with Crippen molar-refractivity contribution in [2.75, 3.05) is 13.6 Å². The maximum absolute atomic E-state index is 6.39. The monoisotopic (exact) mass is 338 g/mol. The van der Waals surface area contributed by atoms with Gasteiger partial charge in [-0.05, 0) is 55.3 Å². The van der Waals surface area contributed by atoms with Crippen LogP contribution in [0.1, 0.15) is 32.3 Å². The Morgan fingerprint density at radius 3 is 2.70 bits per heavy atom. The second-order valence-corrected chi connectivity index (χ2v) is 7.62. The van der Waals surface area contributed by atoms with E-state index in [2.05, 4.69) is 66.0 Å². The molecule has 4 unspecified atom stereocenters. The molecule has 1 saturated carbocycles. The van der Waals surface area contributed by atoms with Crippen molar-refractivity contribution in [1.29, 1.82) is 0 Å². The van der Waals surface area contributed by atoms with Gasteiger partial charge in [-0.2, -0.15) is 0 Å². The molecule has 1 aliphatic carbocycles. The second-order valence-electron chi connectivity index (χ2n) is 6.71. The molecule has 112 valence electrons. The van der Waals surface area contributed by atoms with Gasteiger partial charge in [0.2, 0.25) is 0 Å². The topological polar surface area (TPSA) is 29.3 Å². The zero-order valence-electron chi connectivity index (χ0n) is 12.8. The summed E-state index contributed by atoms with van der Waals surface area (Å²) in [5.41, 5.74) is 7.75. The maximum atomic E-state index is 6.39. The summed E-state index contributed by atoms with van der Waals surface area (Å²) in [4.78, 5) is 2.42. The Kier molecular flexibility index (Phi) is 5.65. The number of nitrogens with two attached hydrogens (primary N) is 1. The van der Waals surface area contributed by atoms with Crippen molar-refractivity contribution >= 4 is 15.9 Å². The fourth-order valence-corrected chi connectivity index (χ4v) is 4.10. The third-order valence-electron chi connectivity index (χ3n) is 4.59. The normalized spacial score (nSPS) is 30.7. The Labute approximate surface area is 131 Å². The predicted molar refractivity (Wildman–Crippen MR) is 89.5 cm³/mol. The van der Waals surface area contributed by atoms with Crippen LogP contribution in [-0.2, 0) is 6.54 Å². The quantitative estimate of drug-likeness (QED) is 0.902. The summed E-state index contributed by atoms with van der Waals surface area (Å²) in [6.07, 6.45) is 2.50. The molecule has 0 aromatic heterocycles. The minimum absolute atomic E-state index is 0.360. The number of rotatable bonds is 4. The lowest BCUT2D eigenvalue weighted by atomic mass is 9.72. The number of hydrogen-bond acceptors (Lipinski definition) is 2. The Balaban J connectivity index is 1.92. The zero-order chi connectivity index (χ0) is 14.7. The van der Waals surface area contributed by atoms with Crippen LogP contribution in [0.4, 0.5) is 0 Å². The molecule has 0 radical (unpaired) electrons. The lowest BCUT2D eigenvalue weighted by Gasteiger charge is -2.39. The first kappa shape index (κ1) is 16.0. The molecular weight excluding hydrogens is 312 g/mol. The molecular formula is C17H27BrN2. The van der Waals surface area contributed by atoms with Crippen LogP contribution < -0.4 is 5.73 Å². The Bertz CT molecular complexity index is 423. The fraction of sp³-hybridized carbons (Fsp3) is 0.647. The molecule has 4 atom stereocenters. The summed E-state index contributed by atoms with van der Waals surface area (Å²) in [5, 5.41) is 0. The molecule has 2 N–H and O–H groups in total. The third kappa shape index (κ3) is 4.31. The largest absolute Gasteiger partial charge is 0.327 e. The van der Waals surface area contributed by atoms with Crippen LogP contribution in [0.2, 0.25) is 0 Å². The molecule has 2 rings (SSSR count). The first-order valence-electron chi connectivity index (χ1n) is 7.64. The highest BCUT2D eigenvalue weighted by Gasteiger charge is 2.32. The van der Waals surface area contributed by atoms with Crippen LogP contribution in [0.3, 0.4) is 0 Å². The molecule has 1 aliphatic rings. The molecule has 1 aromatic carbocycles. The molecule has 0 heterocycles. The molecule has 20 heavy (non-hydrogen) atoms. The highest BCUT2D eigenvalue weighted by Crippen LogP contribution is 2.33. The summed E-state index contributed by atoms with van der Waals surface area (Å²) < 4.78 is 1.15. The molecule has 0 amide bonds. The maximum Gasteiger partial charge on any atom is 0.0231 e. The van der Waals surface area contributed by atoms with Crippen molar-refractivity contribution in [1.82, 2.24) is 4.90 Å². The minimum atomic E-state index is 0.360. The van der Waals surface area contributed by atoms with E-state index in [1.807, 2.05) is 0 Å². The SMILES string of the molecule is CC1CC(C)C(CN(C)Cc2cccc(Br)c2)C(N)C1. The Hall–Kier alpha value is -0.380. The lowest BCUT2D eigenvalue weighted by Crippen LogP contribution is -2.45. The first-order valence-corrected chi connectivity index (χ1v) is 8.43. The van der Waals surface area contributed by atoms with E-state index in [0.29, 0.717) is 12.0 Å². The van der Waals surface area contributed by atoms with Crippen molar-refractivity contribution in [3.8, 4) is 0 Å². The number of benzene rings is 1. The van der Waals surface area contributed by atoms with Gasteiger partial charge in [0.15, 0.2) is 0 Å². The summed E-state index contributed by atoms with van der Waals surface area (Å²) >= 11 is 3.54. The van der Waals surface area contributed by atoms with Gasteiger partial charge in [-0.1, -0.05) is 41.9 Å². The molecule has 0 spiro atoms. The van der Waals surface area contributed by atoms with E-state index in [-0.39, 0.29) is 0 Å². The van der Waals surface area contributed by atoms with Crippen LogP contribution in [0, 0.1) is 17.8 Å². The van der Waals surface area contributed by atoms with Gasteiger partial charge in [-0.25, -0.2) is 0 Å². The van der Waals surface area contributed by atoms with Crippen molar-refractivity contribution in [3.05, 3.63) is 34.3 Å². The number of halogens is 1. The smallest absolute Gasteiger partial charge is 0.0231 e. The van der Waals surface area contributed by atoms with Crippen LogP contribution in [0.15, 0.2) is 28.7 Å². The van der Waals surface area contributed by atoms with Crippen molar-refractivity contribution < 1.29 is 0 Å². The van der Waals surface area contributed by atoms with Gasteiger partial charge in [0.1, 0.15) is 0 Å². The van der Waals surface area contributed by atoms with Crippen molar-refractivity contribution in [2.24, 2.45) is 23.5 Å². The van der Waals surface area contributed by atoms with E-state index in [0.717, 1.165) is 29.4 Å². The molecule has 0 bridgehead atoms. The molecule has 3 heteroatoms. The second kappa shape index (κ2) is 7.06. The third-order valence-corrected chi connectivity index (χ3v) is 5.09. The van der Waals surface area contributed by atoms with Crippen LogP contribution in [0.5, 0.6) is 0 Å². The Morgan fingerprint density at radius 2 is 2.05 bits per heavy atom. The van der Waals surface area contributed by atoms with E-state index in [4.69, 9.17) is 5.73 Å². The summed E-state index contributed by atoms with van der Waals surface area (Å²) in [6, 6.07) is 8.92. The average molecular weight is 339 g/mol. The van der Waals surface area contributed by atoms with E-state index >= 15 is 0 Å². The van der Waals surface area contributed by atoms with E-state index in [1.54, 1.807) is 0 Å². The average Bonchev–Trinajstić information content (AvgIpc) is 2.33. The van der Waals surface area contributed by atoms with Gasteiger partial charge in [-0.15, -0.1) is 0 Å². The van der Waals surface area contributed by atoms with Gasteiger partial charge in [-0.3, -0.25) is 0 Å². The molecule has 0 aliphatic heterocycles. The van der Waals surface area contributed by atoms with Gasteiger partial charge < -0.3 is 10.6 Å². The van der Waals surface area contributed by atoms with Crippen molar-refractivity contribution in [2.45, 2.75) is 39.3 Å². The minimum Gasteiger partial charge on any atom is -0.327 e. The van der Waals surface area contributed by atoms with Gasteiger partial charge in [0, 0.05) is 23.6 Å². The molecule has 1 fully saturated rings. The highest BCUT2D eigenvalue weighted by atomic mass is 79.9. The highest BCUT2D eigenvalue weighted by molar-refractivity contribution is 9.10. The van der Waals surface area contributed by atoms with Gasteiger partial charge in [0.05, 0.1) is 0 Å². The fourth-order valence-electron chi connectivity index (χ4n) is 3.65. The summed E-state index contributed by atoms with van der Waals surface area (Å²) in [6.45, 7) is 6.79. The van der Waals surface area contributed by atoms with E-state index in [9.17, 15) is 0 Å². The number of hydrogen-bond donors (Lipinski definition) is 1. The molecule has 2 nitrogen and oxygen atoms in total. The predicted octanol–water partition coefficient (Wildman–Crippen LogP) is 3.89. The first-order chi connectivity index (χ1) is 9.45. The van der Waals surface area contributed by atoms with Crippen LogP contribution >= 0.6 is 15.9 Å². The van der Waals surface area contributed by atoms with E-state index in [1.165, 1.54) is 18.4 Å². The summed E-state index contributed by atoms with van der Waals surface area (Å²) in [5.74, 6) is 2.15. The summed E-state index contributed by atoms with van der Waals surface area (Å²) in [7, 11) is 2.21. The van der Waals surface area contributed by atoms with Gasteiger partial charge >= 0.3 is 0 Å². The van der Waals surface area contributed by atoms with Crippen LogP contribution in [-0.4, -0.2) is 24.5 Å². The Morgan fingerprint density at radius 1 is 1.30 bits per heavy atom. The molecule has 1 aromatic rings. The van der Waals surface area contributed by atoms with Crippen molar-refractivity contribution in [3.63, 3.8) is 0 Å². The molecule has 0 saturated heterocycles. The standard InChI is InChI=1S/C17H27BrN2/c1-12-7-13(2)16(17(19)8-12)11-20(3)10-14-5-4-6-15(18)9-14/h4-6,9,12-13,16-17H,7-8,10-11,19H2,1-3H3. The zero-order valence-corrected chi connectivity index (χ0v) is 14.4. The van der Waals surface area contributed by atoms with Crippen LogP contribution in [0.25, 0.3) is 0 Å². The number of nitrogens with zero attached hydrogens (tertiary/aromatic N) is 1.